The molecule has 0 amide bonds. The highest BCUT2D eigenvalue weighted by atomic mass is 16.5. The monoisotopic (exact) mass is 676 g/mol. The van der Waals surface area contributed by atoms with E-state index in [1.807, 2.05) is 0 Å². The number of hydrogen-bond acceptors (Lipinski definition) is 1. The Morgan fingerprint density at radius 3 is 1.49 bits per heavy atom. The number of rotatable bonds is 1. The van der Waals surface area contributed by atoms with E-state index in [4.69, 9.17) is 4.74 Å². The van der Waals surface area contributed by atoms with E-state index in [1.54, 1.807) is 0 Å². The van der Waals surface area contributed by atoms with Crippen molar-refractivity contribution in [2.75, 3.05) is 0 Å². The molecule has 0 saturated carbocycles. The first-order valence-corrected chi connectivity index (χ1v) is 18.6. The van der Waals surface area contributed by atoms with Gasteiger partial charge < -0.3 is 4.74 Å². The lowest BCUT2D eigenvalue weighted by Gasteiger charge is -2.46. The molecule has 1 heterocycles. The van der Waals surface area contributed by atoms with Crippen molar-refractivity contribution in [2.24, 2.45) is 0 Å². The van der Waals surface area contributed by atoms with Gasteiger partial charge >= 0.3 is 0 Å². The number of benzene rings is 8. The normalized spacial score (nSPS) is 13.7. The van der Waals surface area contributed by atoms with Gasteiger partial charge in [-0.2, -0.15) is 0 Å². The lowest BCUT2D eigenvalue weighted by atomic mass is 9.58. The third-order valence-corrected chi connectivity index (χ3v) is 12.0. The van der Waals surface area contributed by atoms with Crippen LogP contribution in [0.25, 0.3) is 55.6 Å². The Hall–Kier alpha value is -6.44. The molecule has 0 bridgehead atoms. The number of ether oxygens (including phenoxy) is 1. The van der Waals surface area contributed by atoms with E-state index in [1.165, 1.54) is 89.0 Å². The zero-order valence-corrected chi connectivity index (χ0v) is 29.8. The third-order valence-electron chi connectivity index (χ3n) is 12.0. The summed E-state index contributed by atoms with van der Waals surface area (Å²) in [6.07, 6.45) is 0.916. The molecule has 0 radical (unpaired) electrons. The third kappa shape index (κ3) is 4.19. The van der Waals surface area contributed by atoms with Gasteiger partial charge in [-0.15, -0.1) is 0 Å². The molecule has 1 heteroatoms. The Kier molecular flexibility index (Phi) is 6.43. The van der Waals surface area contributed by atoms with Gasteiger partial charge in [-0.05, 0) is 116 Å². The zero-order chi connectivity index (χ0) is 35.3. The minimum Gasteiger partial charge on any atom is -0.456 e. The number of hydrogen-bond donors (Lipinski definition) is 0. The van der Waals surface area contributed by atoms with Crippen LogP contribution >= 0.6 is 0 Å². The van der Waals surface area contributed by atoms with Crippen LogP contribution in [0, 0.1) is 13.8 Å². The Morgan fingerprint density at radius 2 is 0.906 bits per heavy atom. The second kappa shape index (κ2) is 11.3. The average molecular weight is 677 g/mol. The van der Waals surface area contributed by atoms with E-state index in [0.717, 1.165) is 29.0 Å². The maximum atomic E-state index is 7.24. The predicted molar refractivity (Wildman–Crippen MR) is 218 cm³/mol. The Balaban J connectivity index is 1.22. The minimum atomic E-state index is -0.524. The Labute approximate surface area is 310 Å². The van der Waals surface area contributed by atoms with Crippen molar-refractivity contribution in [3.63, 3.8) is 0 Å². The molecule has 2 aliphatic carbocycles. The van der Waals surface area contributed by atoms with E-state index in [9.17, 15) is 0 Å². The van der Waals surface area contributed by atoms with E-state index >= 15 is 0 Å². The van der Waals surface area contributed by atoms with Crippen LogP contribution in [0.5, 0.6) is 11.5 Å². The fourth-order valence-corrected chi connectivity index (χ4v) is 9.75. The van der Waals surface area contributed by atoms with Crippen molar-refractivity contribution in [3.05, 3.63) is 214 Å². The van der Waals surface area contributed by atoms with Crippen LogP contribution < -0.4 is 4.74 Å². The van der Waals surface area contributed by atoms with Gasteiger partial charge in [0.2, 0.25) is 0 Å². The molecule has 0 N–H and O–H groups in total. The van der Waals surface area contributed by atoms with Crippen molar-refractivity contribution in [1.82, 2.24) is 0 Å². The van der Waals surface area contributed by atoms with Crippen molar-refractivity contribution < 1.29 is 4.74 Å². The van der Waals surface area contributed by atoms with Crippen LogP contribution in [0.2, 0.25) is 0 Å². The van der Waals surface area contributed by atoms with Gasteiger partial charge in [-0.3, -0.25) is 0 Å². The molecule has 3 aliphatic rings. The summed E-state index contributed by atoms with van der Waals surface area (Å²) in [6.45, 7) is 4.39. The maximum absolute atomic E-state index is 7.24. The second-order valence-electron chi connectivity index (χ2n) is 14.9. The molecule has 1 spiro atoms. The SMILES string of the molecule is Cc1ccc2c(c1)Oc1c(ccc(C)c1-c1ccc3c(c1)-c1ccccc1-c1ccccc1-c1ccccc1-3)C21c2ccccc2Cc2ccccc21. The fourth-order valence-electron chi connectivity index (χ4n) is 9.75. The zero-order valence-electron chi connectivity index (χ0n) is 29.8. The second-order valence-corrected chi connectivity index (χ2v) is 14.9. The molecule has 0 unspecified atom stereocenters. The molecule has 1 aliphatic heterocycles. The predicted octanol–water partition coefficient (Wildman–Crippen LogP) is 13.3. The lowest BCUT2D eigenvalue weighted by Crippen LogP contribution is -2.38. The van der Waals surface area contributed by atoms with Gasteiger partial charge in [0.1, 0.15) is 11.5 Å². The summed E-state index contributed by atoms with van der Waals surface area (Å²) < 4.78 is 7.24. The van der Waals surface area contributed by atoms with Crippen LogP contribution in [0.3, 0.4) is 0 Å². The van der Waals surface area contributed by atoms with E-state index in [-0.39, 0.29) is 0 Å². The average Bonchev–Trinajstić information content (AvgIpc) is 3.20. The summed E-state index contributed by atoms with van der Waals surface area (Å²) in [5.74, 6) is 1.87. The quantitative estimate of drug-likeness (QED) is 0.168. The Bertz CT molecular complexity index is 2770. The first-order chi connectivity index (χ1) is 26.1. The number of fused-ring (bicyclic) bond motifs is 16. The number of aryl methyl sites for hydroxylation is 2. The molecule has 8 aromatic carbocycles. The van der Waals surface area contributed by atoms with E-state index in [0.29, 0.717) is 0 Å². The van der Waals surface area contributed by atoms with Gasteiger partial charge in [-0.1, -0.05) is 158 Å². The first-order valence-electron chi connectivity index (χ1n) is 18.6. The summed E-state index contributed by atoms with van der Waals surface area (Å²) in [6, 6.07) is 63.2. The van der Waals surface area contributed by atoms with Gasteiger partial charge in [0, 0.05) is 16.7 Å². The molecule has 0 atom stereocenters. The molecule has 53 heavy (non-hydrogen) atoms. The molecule has 250 valence electrons. The fraction of sp³-hybridized carbons (Fsp3) is 0.0769. The van der Waals surface area contributed by atoms with Crippen molar-refractivity contribution in [3.8, 4) is 67.1 Å². The lowest BCUT2D eigenvalue weighted by molar-refractivity contribution is 0.433. The van der Waals surface area contributed by atoms with Gasteiger partial charge in [0.25, 0.3) is 0 Å². The highest BCUT2D eigenvalue weighted by Gasteiger charge is 2.49. The standard InChI is InChI=1S/C52H36O/c1-32-23-27-47-49(29-32)53-51-48(52(47)45-21-11-3-13-34(45)30-35-14-4-12-22-46(35)52)28-24-33(2)50(51)36-25-26-43-41-19-8-7-17-39(41)37-15-5-6-16-38(37)40-18-9-10-20-42(40)44(43)31-36/h3-29,31H,30H2,1-2H3. The topological polar surface area (TPSA) is 9.23 Å². The van der Waals surface area contributed by atoms with Gasteiger partial charge in [0.15, 0.2) is 0 Å². The molecular weight excluding hydrogens is 641 g/mol. The summed E-state index contributed by atoms with van der Waals surface area (Å²) in [5.41, 5.74) is 21.9. The molecule has 1 nitrogen and oxygen atoms in total. The van der Waals surface area contributed by atoms with Crippen LogP contribution in [-0.4, -0.2) is 0 Å². The Morgan fingerprint density at radius 1 is 0.415 bits per heavy atom. The molecule has 8 aromatic rings. The van der Waals surface area contributed by atoms with Crippen LogP contribution in [0.4, 0.5) is 0 Å². The summed E-state index contributed by atoms with van der Waals surface area (Å²) in [7, 11) is 0. The summed E-state index contributed by atoms with van der Waals surface area (Å²) in [4.78, 5) is 0. The van der Waals surface area contributed by atoms with Gasteiger partial charge in [-0.25, -0.2) is 0 Å². The van der Waals surface area contributed by atoms with Crippen molar-refractivity contribution >= 4 is 0 Å². The summed E-state index contributed by atoms with van der Waals surface area (Å²) in [5, 5.41) is 0. The highest BCUT2D eigenvalue weighted by Crippen LogP contribution is 2.61. The smallest absolute Gasteiger partial charge is 0.140 e. The molecule has 0 aromatic heterocycles. The van der Waals surface area contributed by atoms with Gasteiger partial charge in [0.05, 0.1) is 5.41 Å². The van der Waals surface area contributed by atoms with Crippen LogP contribution in [-0.2, 0) is 11.8 Å². The first kappa shape index (κ1) is 30.2. The maximum Gasteiger partial charge on any atom is 0.140 e. The van der Waals surface area contributed by atoms with E-state index < -0.39 is 5.41 Å². The largest absolute Gasteiger partial charge is 0.456 e. The molecular formula is C52H36O. The molecule has 0 saturated heterocycles. The highest BCUT2D eigenvalue weighted by molar-refractivity contribution is 6.04. The van der Waals surface area contributed by atoms with E-state index in [2.05, 4.69) is 184 Å². The minimum absolute atomic E-state index is 0.524. The molecule has 11 rings (SSSR count). The molecule has 0 fully saturated rings. The van der Waals surface area contributed by atoms with Crippen molar-refractivity contribution in [2.45, 2.75) is 25.7 Å². The van der Waals surface area contributed by atoms with Crippen molar-refractivity contribution in [1.29, 1.82) is 0 Å². The summed E-state index contributed by atoms with van der Waals surface area (Å²) >= 11 is 0. The van der Waals surface area contributed by atoms with Crippen LogP contribution in [0.15, 0.2) is 170 Å². The van der Waals surface area contributed by atoms with Crippen LogP contribution in [0.1, 0.15) is 44.5 Å².